The van der Waals surface area contributed by atoms with Gasteiger partial charge in [0.15, 0.2) is 0 Å². The second-order valence-corrected chi connectivity index (χ2v) is 8.12. The number of carbonyl (C=O) groups is 1. The normalized spacial score (nSPS) is 14.7. The average molecular weight is 390 g/mol. The molecule has 0 atom stereocenters. The van der Waals surface area contributed by atoms with Gasteiger partial charge in [0.25, 0.3) is 16.5 Å². The molecule has 0 unspecified atom stereocenters. The van der Waals surface area contributed by atoms with Crippen molar-refractivity contribution in [2.75, 3.05) is 0 Å². The molecule has 1 aliphatic rings. The molecule has 0 bridgehead atoms. The molecule has 0 radical (unpaired) electrons. The van der Waals surface area contributed by atoms with Crippen molar-refractivity contribution < 1.29 is 22.7 Å². The van der Waals surface area contributed by atoms with Crippen molar-refractivity contribution >= 4 is 27.5 Å². The van der Waals surface area contributed by atoms with Crippen LogP contribution in [-0.4, -0.2) is 29.0 Å². The maximum Gasteiger partial charge on any atom is 0.290 e. The Balaban J connectivity index is 0.000000659. The van der Waals surface area contributed by atoms with Gasteiger partial charge in [-0.3, -0.25) is 9.78 Å². The summed E-state index contributed by atoms with van der Waals surface area (Å²) in [5.41, 5.74) is 2.25. The molecule has 0 amide bonds. The molecule has 4 rings (SSSR count). The summed E-state index contributed by atoms with van der Waals surface area (Å²) in [5.74, 6) is -0.229. The van der Waals surface area contributed by atoms with Crippen LogP contribution in [0.25, 0.3) is 11.0 Å². The minimum absolute atomic E-state index is 0.0544. The molecule has 0 aliphatic heterocycles. The quantitative estimate of drug-likeness (QED) is 0.688. The van der Waals surface area contributed by atoms with Crippen molar-refractivity contribution in [2.45, 2.75) is 36.5 Å². The first-order valence-corrected chi connectivity index (χ1v) is 9.98. The van der Waals surface area contributed by atoms with Gasteiger partial charge in [-0.05, 0) is 49.1 Å². The van der Waals surface area contributed by atoms with E-state index in [0.717, 1.165) is 42.8 Å². The third kappa shape index (κ3) is 3.71. The van der Waals surface area contributed by atoms with Crippen molar-refractivity contribution in [3.8, 4) is 0 Å². The lowest BCUT2D eigenvalue weighted by Gasteiger charge is -2.07. The Hall–Kier alpha value is -2.74. The van der Waals surface area contributed by atoms with Crippen LogP contribution in [0.15, 0.2) is 53.7 Å². The van der Waals surface area contributed by atoms with Gasteiger partial charge >= 0.3 is 0 Å². The van der Waals surface area contributed by atoms with Crippen molar-refractivity contribution in [3.63, 3.8) is 0 Å². The first kappa shape index (κ1) is 19.0. The zero-order valence-electron chi connectivity index (χ0n) is 14.5. The van der Waals surface area contributed by atoms with Gasteiger partial charge in [-0.25, -0.2) is 16.8 Å². The summed E-state index contributed by atoms with van der Waals surface area (Å²) in [7, 11) is -3.86. The largest absolute Gasteiger partial charge is 0.483 e. The predicted octanol–water partition coefficient (Wildman–Crippen LogP) is 3.77. The maximum atomic E-state index is 13.5. The van der Waals surface area contributed by atoms with E-state index in [4.69, 9.17) is 9.90 Å². The summed E-state index contributed by atoms with van der Waals surface area (Å²) in [6.45, 7) is -0.250. The van der Waals surface area contributed by atoms with Crippen molar-refractivity contribution in [3.05, 3.63) is 60.2 Å². The van der Waals surface area contributed by atoms with E-state index >= 15 is 0 Å². The number of pyridine rings is 1. The lowest BCUT2D eigenvalue weighted by Crippen LogP contribution is -2.12. The van der Waals surface area contributed by atoms with Crippen LogP contribution in [0.5, 0.6) is 0 Å². The van der Waals surface area contributed by atoms with E-state index < -0.39 is 15.8 Å². The molecule has 0 saturated heterocycles. The molecular formula is C19H19FN2O4S. The van der Waals surface area contributed by atoms with Crippen molar-refractivity contribution in [1.29, 1.82) is 0 Å². The van der Waals surface area contributed by atoms with E-state index in [0.29, 0.717) is 11.4 Å². The van der Waals surface area contributed by atoms with Crippen LogP contribution in [0.2, 0.25) is 0 Å². The summed E-state index contributed by atoms with van der Waals surface area (Å²) < 4.78 is 40.7. The lowest BCUT2D eigenvalue weighted by molar-refractivity contribution is -0.122. The fraction of sp³-hybridized carbons (Fsp3) is 0.263. The maximum absolute atomic E-state index is 13.5. The van der Waals surface area contributed by atoms with Crippen LogP contribution in [0.1, 0.15) is 37.2 Å². The first-order valence-electron chi connectivity index (χ1n) is 8.54. The van der Waals surface area contributed by atoms with Gasteiger partial charge in [-0.2, -0.15) is 0 Å². The molecule has 1 aliphatic carbocycles. The Labute approximate surface area is 156 Å². The van der Waals surface area contributed by atoms with E-state index in [-0.39, 0.29) is 11.4 Å². The zero-order chi connectivity index (χ0) is 19.4. The highest BCUT2D eigenvalue weighted by Gasteiger charge is 2.27. The molecule has 1 aromatic carbocycles. The van der Waals surface area contributed by atoms with E-state index in [2.05, 4.69) is 4.98 Å². The number of hydrogen-bond donors (Lipinski definition) is 1. The van der Waals surface area contributed by atoms with Gasteiger partial charge in [0.1, 0.15) is 5.82 Å². The SMILES string of the molecule is O=CO.O=S(=O)(c1cccc(F)c1)n1cc(C2CCCC2)c2ncccc21. The van der Waals surface area contributed by atoms with E-state index in [1.807, 2.05) is 0 Å². The highest BCUT2D eigenvalue weighted by molar-refractivity contribution is 7.90. The van der Waals surface area contributed by atoms with Gasteiger partial charge in [0, 0.05) is 18.0 Å². The lowest BCUT2D eigenvalue weighted by atomic mass is 10.00. The number of fused-ring (bicyclic) bond motifs is 1. The number of nitrogens with zero attached hydrogens (tertiary/aromatic N) is 2. The fourth-order valence-electron chi connectivity index (χ4n) is 3.53. The average Bonchev–Trinajstić information content (AvgIpc) is 3.30. The molecule has 1 saturated carbocycles. The third-order valence-corrected chi connectivity index (χ3v) is 6.37. The number of rotatable bonds is 3. The van der Waals surface area contributed by atoms with Gasteiger partial charge in [-0.1, -0.05) is 18.9 Å². The third-order valence-electron chi connectivity index (χ3n) is 4.70. The van der Waals surface area contributed by atoms with Gasteiger partial charge in [-0.15, -0.1) is 0 Å². The number of carboxylic acid groups (broad SMARTS) is 1. The molecule has 1 fully saturated rings. The van der Waals surface area contributed by atoms with Crippen LogP contribution in [0, 0.1) is 5.82 Å². The summed E-state index contributed by atoms with van der Waals surface area (Å²) >= 11 is 0. The Morgan fingerprint density at radius 2 is 1.89 bits per heavy atom. The second kappa shape index (κ2) is 7.87. The Morgan fingerprint density at radius 3 is 2.56 bits per heavy atom. The second-order valence-electron chi connectivity index (χ2n) is 6.30. The molecule has 3 aromatic rings. The summed E-state index contributed by atoms with van der Waals surface area (Å²) in [5, 5.41) is 6.89. The van der Waals surface area contributed by atoms with Crippen LogP contribution in [0.4, 0.5) is 4.39 Å². The minimum Gasteiger partial charge on any atom is -0.483 e. The molecule has 2 aromatic heterocycles. The fourth-order valence-corrected chi connectivity index (χ4v) is 4.93. The summed E-state index contributed by atoms with van der Waals surface area (Å²) in [6.07, 6.45) is 7.76. The smallest absolute Gasteiger partial charge is 0.290 e. The van der Waals surface area contributed by atoms with E-state index in [9.17, 15) is 12.8 Å². The van der Waals surface area contributed by atoms with Gasteiger partial charge in [0.05, 0.1) is 15.9 Å². The predicted molar refractivity (Wildman–Crippen MR) is 98.6 cm³/mol. The number of hydrogen-bond acceptors (Lipinski definition) is 4. The molecule has 27 heavy (non-hydrogen) atoms. The molecule has 142 valence electrons. The summed E-state index contributed by atoms with van der Waals surface area (Å²) in [6, 6.07) is 8.57. The summed E-state index contributed by atoms with van der Waals surface area (Å²) in [4.78, 5) is 12.7. The standard InChI is InChI=1S/C18H17FN2O2S.CH2O2/c19-14-7-3-8-15(11-14)24(22,23)21-12-16(13-5-1-2-6-13)18-17(21)9-4-10-20-18;2-1-3/h3-4,7-13H,1-2,5-6H2;1H,(H,2,3). The van der Waals surface area contributed by atoms with Crippen molar-refractivity contribution in [1.82, 2.24) is 8.96 Å². The zero-order valence-corrected chi connectivity index (χ0v) is 15.3. The van der Waals surface area contributed by atoms with Gasteiger partial charge in [0.2, 0.25) is 0 Å². The molecule has 1 N–H and O–H groups in total. The highest BCUT2D eigenvalue weighted by Crippen LogP contribution is 2.38. The number of halogens is 1. The first-order chi connectivity index (χ1) is 13.0. The van der Waals surface area contributed by atoms with Crippen molar-refractivity contribution in [2.24, 2.45) is 0 Å². The Morgan fingerprint density at radius 1 is 1.19 bits per heavy atom. The molecule has 0 spiro atoms. The van der Waals surface area contributed by atoms with Crippen LogP contribution >= 0.6 is 0 Å². The minimum atomic E-state index is -3.86. The van der Waals surface area contributed by atoms with Crippen LogP contribution in [0.3, 0.4) is 0 Å². The van der Waals surface area contributed by atoms with Crippen LogP contribution < -0.4 is 0 Å². The number of aromatic nitrogens is 2. The Bertz CT molecular complexity index is 1060. The topological polar surface area (TPSA) is 89.3 Å². The molecule has 2 heterocycles. The van der Waals surface area contributed by atoms with E-state index in [1.165, 1.54) is 22.2 Å². The van der Waals surface area contributed by atoms with E-state index in [1.54, 1.807) is 24.5 Å². The highest BCUT2D eigenvalue weighted by atomic mass is 32.2. The van der Waals surface area contributed by atoms with Crippen LogP contribution in [-0.2, 0) is 14.8 Å². The number of benzene rings is 1. The van der Waals surface area contributed by atoms with Gasteiger partial charge < -0.3 is 5.11 Å². The molecule has 8 heteroatoms. The molecular weight excluding hydrogens is 371 g/mol. The Kier molecular flexibility index (Phi) is 5.55. The monoisotopic (exact) mass is 390 g/mol. The molecule has 6 nitrogen and oxygen atoms in total.